The summed E-state index contributed by atoms with van der Waals surface area (Å²) >= 11 is 0. The van der Waals surface area contributed by atoms with Gasteiger partial charge in [0.2, 0.25) is 0 Å². The topological polar surface area (TPSA) is 171 Å². The van der Waals surface area contributed by atoms with E-state index in [9.17, 15) is 30.0 Å². The smallest absolute Gasteiger partial charge is 0.303 e. The first-order valence-corrected chi connectivity index (χ1v) is 14.6. The molecule has 1 aliphatic rings. The second-order valence-corrected chi connectivity index (χ2v) is 11.5. The summed E-state index contributed by atoms with van der Waals surface area (Å²) in [6.07, 6.45) is 5.93. The Balaban J connectivity index is 0.00000461. The van der Waals surface area contributed by atoms with Crippen LogP contribution in [0.25, 0.3) is 24.3 Å². The van der Waals surface area contributed by atoms with E-state index in [1.807, 2.05) is 39.8 Å². The number of aliphatic carboxylic acids is 2. The molecule has 4 aromatic heterocycles. The summed E-state index contributed by atoms with van der Waals surface area (Å²) in [6.45, 7) is 10.9. The van der Waals surface area contributed by atoms with Gasteiger partial charge in [0.05, 0.1) is 12.2 Å². The third kappa shape index (κ3) is 6.53. The molecule has 11 heteroatoms. The molecule has 2 unspecified atom stereocenters. The van der Waals surface area contributed by atoms with Gasteiger partial charge in [-0.15, -0.1) is 44.2 Å². The molecule has 45 heavy (non-hydrogen) atoms. The summed E-state index contributed by atoms with van der Waals surface area (Å²) in [5.41, 5.74) is 8.32. The van der Waals surface area contributed by atoms with Gasteiger partial charge in [-0.05, 0) is 65.5 Å². The molecule has 0 saturated carbocycles. The predicted octanol–water partition coefficient (Wildman–Crippen LogP) is 0.516. The Bertz CT molecular complexity index is 2040. The van der Waals surface area contributed by atoms with Crippen LogP contribution in [0, 0.1) is 27.7 Å². The van der Waals surface area contributed by atoms with Crippen LogP contribution in [0.1, 0.15) is 106 Å². The second-order valence-electron chi connectivity index (χ2n) is 11.5. The molecule has 0 saturated heterocycles. The van der Waals surface area contributed by atoms with E-state index in [2.05, 4.69) is 0 Å². The summed E-state index contributed by atoms with van der Waals surface area (Å²) in [6, 6.07) is 0. The summed E-state index contributed by atoms with van der Waals surface area (Å²) in [5.74, 6) is -1.86. The molecule has 0 aliphatic carbocycles. The number of carbonyl (C=O) groups is 2. The molecule has 10 nitrogen and oxygen atoms in total. The summed E-state index contributed by atoms with van der Waals surface area (Å²) < 4.78 is 0. The molecule has 0 fully saturated rings. The maximum Gasteiger partial charge on any atom is 0.303 e. The van der Waals surface area contributed by atoms with E-state index >= 15 is 0 Å². The van der Waals surface area contributed by atoms with Gasteiger partial charge in [0.15, 0.2) is 0 Å². The maximum absolute atomic E-state index is 11.5. The zero-order chi connectivity index (χ0) is 32.0. The number of rotatable bonds is 8. The molecule has 4 aromatic rings. The third-order valence-electron chi connectivity index (χ3n) is 8.49. The molecule has 239 valence electrons. The van der Waals surface area contributed by atoms with Crippen molar-refractivity contribution in [1.29, 1.82) is 0 Å². The van der Waals surface area contributed by atoms with Crippen molar-refractivity contribution < 1.29 is 47.1 Å². The van der Waals surface area contributed by atoms with Gasteiger partial charge >= 0.3 is 11.9 Å². The molecule has 5 rings (SSSR count). The normalized spacial score (nSPS) is 16.5. The first kappa shape index (κ1) is 33.9. The molecule has 4 N–H and O–H groups in total. The van der Waals surface area contributed by atoms with Crippen molar-refractivity contribution >= 4 is 36.2 Å². The SMILES string of the molecule is Cc1c2[n-]c(c1CCC(=O)O)/C=c1\[n-]/c(c(C)c1CCC(=O)O)=C\c1[n-]c(c(C(C)O)c1C)/C=c1\[n-]/c(c(C(C)O)c1C)=C\2.[Mn]. The second kappa shape index (κ2) is 13.1. The number of aliphatic hydroxyl groups is 2. The van der Waals surface area contributed by atoms with E-state index < -0.39 is 24.1 Å². The number of hydrogen-bond acceptors (Lipinski definition) is 4. The molecule has 1 radical (unpaired) electrons. The predicted molar refractivity (Wildman–Crippen MR) is 164 cm³/mol. The van der Waals surface area contributed by atoms with Gasteiger partial charge in [-0.3, -0.25) is 9.59 Å². The van der Waals surface area contributed by atoms with Crippen molar-refractivity contribution in [1.82, 2.24) is 19.9 Å². The van der Waals surface area contributed by atoms with Gasteiger partial charge in [0, 0.05) is 29.9 Å². The van der Waals surface area contributed by atoms with Crippen molar-refractivity contribution in [2.24, 2.45) is 0 Å². The minimum Gasteiger partial charge on any atom is -0.657 e. The number of carboxylic acid groups (broad SMARTS) is 2. The van der Waals surface area contributed by atoms with Crippen molar-refractivity contribution in [3.8, 4) is 0 Å². The van der Waals surface area contributed by atoms with Gasteiger partial charge < -0.3 is 40.4 Å². The van der Waals surface area contributed by atoms with Crippen LogP contribution in [0.2, 0.25) is 0 Å². The van der Waals surface area contributed by atoms with Crippen LogP contribution in [0.5, 0.6) is 0 Å². The summed E-state index contributed by atoms with van der Waals surface area (Å²) in [5, 5.41) is 42.7. The van der Waals surface area contributed by atoms with Crippen LogP contribution in [-0.4, -0.2) is 32.4 Å². The van der Waals surface area contributed by atoms with Gasteiger partial charge in [-0.25, -0.2) is 0 Å². The van der Waals surface area contributed by atoms with E-state index in [1.54, 1.807) is 26.0 Å². The van der Waals surface area contributed by atoms with Gasteiger partial charge in [-0.1, -0.05) is 57.7 Å². The van der Waals surface area contributed by atoms with Crippen molar-refractivity contribution in [2.75, 3.05) is 0 Å². The number of hydrogen-bond donors (Lipinski definition) is 4. The van der Waals surface area contributed by atoms with Crippen LogP contribution in [0.3, 0.4) is 0 Å². The Kier molecular flexibility index (Phi) is 9.89. The quantitative estimate of drug-likeness (QED) is 0.173. The average Bonchev–Trinajstić information content (AvgIpc) is 3.59. The molecular weight excluding hydrogens is 615 g/mol. The monoisotopic (exact) mass is 651 g/mol. The van der Waals surface area contributed by atoms with Crippen LogP contribution >= 0.6 is 0 Å². The Labute approximate surface area is 270 Å². The zero-order valence-electron chi connectivity index (χ0n) is 26.1. The Morgan fingerprint density at radius 2 is 1.04 bits per heavy atom. The Morgan fingerprint density at radius 1 is 0.578 bits per heavy atom. The summed E-state index contributed by atoms with van der Waals surface area (Å²) in [7, 11) is 0. The minimum absolute atomic E-state index is 0. The van der Waals surface area contributed by atoms with Gasteiger partial charge in [0.25, 0.3) is 0 Å². The Morgan fingerprint density at radius 3 is 1.64 bits per heavy atom. The van der Waals surface area contributed by atoms with Gasteiger partial charge in [-0.2, -0.15) is 0 Å². The first-order chi connectivity index (χ1) is 20.8. The van der Waals surface area contributed by atoms with E-state index in [0.717, 1.165) is 33.4 Å². The van der Waals surface area contributed by atoms with Crippen LogP contribution in [-0.2, 0) is 39.5 Å². The molecule has 0 amide bonds. The molecule has 5 heterocycles. The number of aliphatic hydroxyl groups excluding tert-OH is 2. The summed E-state index contributed by atoms with van der Waals surface area (Å²) in [4.78, 5) is 42.6. The van der Waals surface area contributed by atoms with Gasteiger partial charge in [0.1, 0.15) is 0 Å². The van der Waals surface area contributed by atoms with Crippen molar-refractivity contribution in [2.45, 2.75) is 79.4 Å². The average molecular weight is 652 g/mol. The zero-order valence-corrected chi connectivity index (χ0v) is 27.2. The number of carboxylic acids is 2. The van der Waals surface area contributed by atoms with E-state index in [0.29, 0.717) is 55.3 Å². The van der Waals surface area contributed by atoms with E-state index in [1.165, 1.54) is 0 Å². The molecule has 1 aliphatic heterocycles. The van der Waals surface area contributed by atoms with Crippen molar-refractivity contribution in [3.63, 3.8) is 0 Å². The van der Waals surface area contributed by atoms with Crippen molar-refractivity contribution in [3.05, 3.63) is 88.7 Å². The molecule has 0 aromatic carbocycles. The van der Waals surface area contributed by atoms with Crippen LogP contribution in [0.15, 0.2) is 0 Å². The molecule has 2 atom stereocenters. The largest absolute Gasteiger partial charge is 0.657 e. The molecule has 8 bridgehead atoms. The first-order valence-electron chi connectivity index (χ1n) is 14.6. The molecular formula is C34H36MnN4O6-4. The fourth-order valence-corrected chi connectivity index (χ4v) is 6.15. The molecule has 0 spiro atoms. The van der Waals surface area contributed by atoms with E-state index in [4.69, 9.17) is 19.9 Å². The van der Waals surface area contributed by atoms with Crippen LogP contribution in [0.4, 0.5) is 0 Å². The number of aromatic nitrogens is 4. The number of fused-ring (bicyclic) bond motifs is 8. The fourth-order valence-electron chi connectivity index (χ4n) is 6.15. The fraction of sp³-hybridized carbons (Fsp3) is 0.353. The Hall–Kier alpha value is -4.02. The number of nitrogens with zero attached hydrogens (tertiary/aromatic N) is 4. The van der Waals surface area contributed by atoms with Crippen LogP contribution < -0.4 is 41.3 Å². The third-order valence-corrected chi connectivity index (χ3v) is 8.49. The maximum atomic E-state index is 11.5. The minimum atomic E-state index is -0.931. The standard InChI is InChI=1S/C34H36N4O6.Mn/c1-15-21(7-9-31(41)42)27-14-28-22(8-10-32(43)44)16(2)24(36-28)12-29-34(20(6)40)18(4)26(38-29)13-30-33(19(5)39)17(3)25(37-30)11-23(15)35-27;/h11-14,19-20,39-40H,7-10H2,1-6H3,(H,41,42)(H,43,44);/q-4;/b23-11-,24-12?,25-11?,26-13-,27-14-,28-14?,29-12-,30-13?;. The van der Waals surface area contributed by atoms with E-state index in [-0.39, 0.29) is 42.8 Å².